The molecule has 3 rings (SSSR count). The van der Waals surface area contributed by atoms with Gasteiger partial charge in [0.05, 0.1) is 11.9 Å². The van der Waals surface area contributed by atoms with Gasteiger partial charge in [-0.25, -0.2) is 10.9 Å². The van der Waals surface area contributed by atoms with Crippen LogP contribution in [0.25, 0.3) is 0 Å². The number of aromatic nitrogens is 3. The number of rotatable bonds is 5. The molecule has 2 atom stereocenters. The van der Waals surface area contributed by atoms with E-state index in [9.17, 15) is 4.79 Å². The lowest BCUT2D eigenvalue weighted by Crippen LogP contribution is -2.44. The number of hydrogen-bond donors (Lipinski definition) is 3. The highest BCUT2D eigenvalue weighted by Gasteiger charge is 2.26. The first-order valence-electron chi connectivity index (χ1n) is 8.24. The molecule has 1 aliphatic heterocycles. The number of carbonyl (C=O) groups is 1. The number of carbonyl (C=O) groups excluding carboxylic acids is 1. The Morgan fingerprint density at radius 2 is 2.08 bits per heavy atom. The summed E-state index contributed by atoms with van der Waals surface area (Å²) in [4.78, 5) is 16.3. The lowest BCUT2D eigenvalue weighted by atomic mass is 10.1. The number of pyridine rings is 1. The number of hydrogen-bond acceptors (Lipinski definition) is 5. The fourth-order valence-electron chi connectivity index (χ4n) is 3.15. The van der Waals surface area contributed by atoms with Gasteiger partial charge < -0.3 is 5.32 Å². The van der Waals surface area contributed by atoms with Crippen LogP contribution in [0.1, 0.15) is 41.4 Å². The topological polar surface area (TPSA) is 83.9 Å². The molecular weight excluding hydrogens is 304 g/mol. The summed E-state index contributed by atoms with van der Waals surface area (Å²) in [7, 11) is 1.93. The molecule has 1 saturated heterocycles. The highest BCUT2D eigenvalue weighted by molar-refractivity contribution is 5.76. The van der Waals surface area contributed by atoms with E-state index in [1.807, 2.05) is 37.7 Å². The van der Waals surface area contributed by atoms with E-state index in [-0.39, 0.29) is 18.1 Å². The summed E-state index contributed by atoms with van der Waals surface area (Å²) >= 11 is 0. The summed E-state index contributed by atoms with van der Waals surface area (Å²) in [5.74, 6) is 0.0485. The van der Waals surface area contributed by atoms with Crippen LogP contribution in [0.3, 0.4) is 0 Å². The fourth-order valence-corrected chi connectivity index (χ4v) is 3.15. The highest BCUT2D eigenvalue weighted by atomic mass is 16.1. The normalized spacial score (nSPS) is 20.3. The molecule has 24 heavy (non-hydrogen) atoms. The van der Waals surface area contributed by atoms with E-state index in [2.05, 4.69) is 26.3 Å². The third kappa shape index (κ3) is 3.63. The van der Waals surface area contributed by atoms with Crippen LogP contribution in [-0.2, 0) is 18.3 Å². The second-order valence-electron chi connectivity index (χ2n) is 6.25. The van der Waals surface area contributed by atoms with E-state index in [0.717, 1.165) is 23.4 Å². The van der Waals surface area contributed by atoms with Crippen molar-refractivity contribution in [2.75, 3.05) is 0 Å². The Hall–Kier alpha value is -2.25. The van der Waals surface area contributed by atoms with Crippen molar-refractivity contribution in [3.05, 3.63) is 47.0 Å². The van der Waals surface area contributed by atoms with E-state index in [1.165, 1.54) is 5.56 Å². The van der Waals surface area contributed by atoms with Crippen LogP contribution in [0.4, 0.5) is 0 Å². The first kappa shape index (κ1) is 16.6. The van der Waals surface area contributed by atoms with Gasteiger partial charge in [-0.05, 0) is 43.5 Å². The molecule has 2 unspecified atom stereocenters. The molecule has 7 heteroatoms. The average molecular weight is 328 g/mol. The average Bonchev–Trinajstić information content (AvgIpc) is 3.12. The van der Waals surface area contributed by atoms with Crippen molar-refractivity contribution in [1.29, 1.82) is 0 Å². The summed E-state index contributed by atoms with van der Waals surface area (Å²) < 4.78 is 1.87. The zero-order valence-corrected chi connectivity index (χ0v) is 14.3. The van der Waals surface area contributed by atoms with Gasteiger partial charge in [0.2, 0.25) is 5.91 Å². The number of hydrazine groups is 1. The van der Waals surface area contributed by atoms with Gasteiger partial charge in [-0.3, -0.25) is 14.5 Å². The summed E-state index contributed by atoms with van der Waals surface area (Å²) in [6.45, 7) is 4.02. The van der Waals surface area contributed by atoms with Crippen molar-refractivity contribution in [3.8, 4) is 0 Å². The minimum Gasteiger partial charge on any atom is -0.339 e. The van der Waals surface area contributed by atoms with Gasteiger partial charge in [0.15, 0.2) is 0 Å². The van der Waals surface area contributed by atoms with Crippen LogP contribution in [0.2, 0.25) is 0 Å². The smallest absolute Gasteiger partial charge is 0.221 e. The zero-order valence-electron chi connectivity index (χ0n) is 14.3. The summed E-state index contributed by atoms with van der Waals surface area (Å²) in [5, 5.41) is 7.43. The molecule has 128 valence electrons. The van der Waals surface area contributed by atoms with Crippen LogP contribution < -0.4 is 16.2 Å². The van der Waals surface area contributed by atoms with Crippen molar-refractivity contribution < 1.29 is 4.79 Å². The van der Waals surface area contributed by atoms with Crippen molar-refractivity contribution in [1.82, 2.24) is 30.9 Å². The van der Waals surface area contributed by atoms with E-state index in [1.54, 1.807) is 12.4 Å². The maximum atomic E-state index is 12.2. The molecule has 0 spiro atoms. The van der Waals surface area contributed by atoms with Crippen molar-refractivity contribution in [3.63, 3.8) is 0 Å². The lowest BCUT2D eigenvalue weighted by Gasteiger charge is -2.12. The van der Waals surface area contributed by atoms with Gasteiger partial charge in [-0.2, -0.15) is 5.10 Å². The largest absolute Gasteiger partial charge is 0.339 e. The highest BCUT2D eigenvalue weighted by Crippen LogP contribution is 2.20. The minimum atomic E-state index is -0.0632. The summed E-state index contributed by atoms with van der Waals surface area (Å²) in [5.41, 5.74) is 10.8. The third-order valence-electron chi connectivity index (χ3n) is 4.61. The van der Waals surface area contributed by atoms with E-state index < -0.39 is 0 Å². The second kappa shape index (κ2) is 7.11. The first-order chi connectivity index (χ1) is 11.5. The Morgan fingerprint density at radius 1 is 1.33 bits per heavy atom. The fraction of sp³-hybridized carbons (Fsp3) is 0.471. The summed E-state index contributed by atoms with van der Waals surface area (Å²) in [6, 6.07) is 4.15. The van der Waals surface area contributed by atoms with Crippen molar-refractivity contribution in [2.45, 2.75) is 45.3 Å². The predicted molar refractivity (Wildman–Crippen MR) is 90.8 cm³/mol. The molecule has 2 aromatic rings. The van der Waals surface area contributed by atoms with Gasteiger partial charge in [0.25, 0.3) is 0 Å². The molecule has 1 amide bonds. The predicted octanol–water partition coefficient (Wildman–Crippen LogP) is 1.05. The number of nitrogens with zero attached hydrogens (tertiary/aromatic N) is 3. The molecule has 7 nitrogen and oxygen atoms in total. The van der Waals surface area contributed by atoms with Gasteiger partial charge in [-0.15, -0.1) is 0 Å². The Labute approximate surface area is 141 Å². The van der Waals surface area contributed by atoms with Crippen LogP contribution in [0.15, 0.2) is 24.5 Å². The molecule has 3 N–H and O–H groups in total. The monoisotopic (exact) mass is 328 g/mol. The molecule has 0 aromatic carbocycles. The SMILES string of the molecule is Cc1nn(C)c(C)c1CCC(=O)NC1CC(c2ccncc2)NN1. The van der Waals surface area contributed by atoms with Gasteiger partial charge in [0.1, 0.15) is 0 Å². The van der Waals surface area contributed by atoms with Gasteiger partial charge in [-0.1, -0.05) is 0 Å². The Balaban J connectivity index is 1.49. The van der Waals surface area contributed by atoms with E-state index >= 15 is 0 Å². The first-order valence-corrected chi connectivity index (χ1v) is 8.24. The molecule has 2 aromatic heterocycles. The third-order valence-corrected chi connectivity index (χ3v) is 4.61. The van der Waals surface area contributed by atoms with Crippen molar-refractivity contribution >= 4 is 5.91 Å². The molecule has 0 bridgehead atoms. The molecule has 3 heterocycles. The van der Waals surface area contributed by atoms with E-state index in [4.69, 9.17) is 0 Å². The maximum absolute atomic E-state index is 12.2. The quantitative estimate of drug-likeness (QED) is 0.764. The minimum absolute atomic E-state index is 0.0485. The molecule has 1 fully saturated rings. The molecular formula is C17H24N6O. The van der Waals surface area contributed by atoms with Gasteiger partial charge in [0, 0.05) is 44.0 Å². The molecule has 0 aliphatic carbocycles. The van der Waals surface area contributed by atoms with Crippen molar-refractivity contribution in [2.24, 2.45) is 7.05 Å². The number of aryl methyl sites for hydroxylation is 2. The lowest BCUT2D eigenvalue weighted by molar-refractivity contribution is -0.121. The Kier molecular flexibility index (Phi) is 4.92. The van der Waals surface area contributed by atoms with Crippen LogP contribution >= 0.6 is 0 Å². The molecule has 0 saturated carbocycles. The zero-order chi connectivity index (χ0) is 17.1. The standard InChI is InChI=1S/C17H24N6O/c1-11-14(12(2)23(3)22-11)4-5-17(24)19-16-10-15(20-21-16)13-6-8-18-9-7-13/h6-9,15-16,20-21H,4-5,10H2,1-3H3,(H,19,24). The summed E-state index contributed by atoms with van der Waals surface area (Å²) in [6.07, 6.45) is 5.48. The number of nitrogens with one attached hydrogen (secondary N) is 3. The van der Waals surface area contributed by atoms with E-state index in [0.29, 0.717) is 12.8 Å². The van der Waals surface area contributed by atoms with Crippen LogP contribution in [0.5, 0.6) is 0 Å². The second-order valence-corrected chi connectivity index (χ2v) is 6.25. The molecule has 0 radical (unpaired) electrons. The van der Waals surface area contributed by atoms with Gasteiger partial charge >= 0.3 is 0 Å². The van der Waals surface area contributed by atoms with Crippen LogP contribution in [-0.4, -0.2) is 26.8 Å². The maximum Gasteiger partial charge on any atom is 0.221 e. The van der Waals surface area contributed by atoms with Crippen LogP contribution in [0, 0.1) is 13.8 Å². The molecule has 1 aliphatic rings. The Bertz CT molecular complexity index is 711. The number of amides is 1. The Morgan fingerprint density at radius 3 is 2.75 bits per heavy atom.